The molecule has 0 bridgehead atoms. The Morgan fingerprint density at radius 3 is 2.83 bits per heavy atom. The van der Waals surface area contributed by atoms with Crippen LogP contribution < -0.4 is 10.8 Å². The number of aryl methyl sites for hydroxylation is 1. The monoisotopic (exact) mass is 249 g/mol. The van der Waals surface area contributed by atoms with Crippen LogP contribution in [0.5, 0.6) is 0 Å². The Kier molecular flexibility index (Phi) is 4.66. The van der Waals surface area contributed by atoms with E-state index >= 15 is 0 Å². The molecule has 0 aliphatic rings. The van der Waals surface area contributed by atoms with Crippen molar-refractivity contribution in [1.29, 1.82) is 5.26 Å². The van der Waals surface area contributed by atoms with Crippen molar-refractivity contribution in [2.75, 3.05) is 11.9 Å². The fraction of sp³-hybridized carbons (Fsp3) is 0.182. The number of urea groups is 1. The van der Waals surface area contributed by atoms with Crippen LogP contribution in [0.15, 0.2) is 18.2 Å². The number of nitriles is 1. The fourth-order valence-corrected chi connectivity index (χ4v) is 1.14. The summed E-state index contributed by atoms with van der Waals surface area (Å²) in [5.74, 6) is -1.20. The number of hydrogen-bond acceptors (Lipinski definition) is 4. The maximum atomic E-state index is 11.3. The largest absolute Gasteiger partial charge is 0.479 e. The van der Waals surface area contributed by atoms with Crippen molar-refractivity contribution >= 4 is 17.7 Å². The molecule has 1 aromatic rings. The minimum absolute atomic E-state index is 0.405. The Morgan fingerprint density at radius 2 is 2.22 bits per heavy atom. The molecule has 0 aromatic heterocycles. The number of amides is 2. The minimum Gasteiger partial charge on any atom is -0.479 e. The third kappa shape index (κ3) is 4.11. The Balaban J connectivity index is 2.59. The first kappa shape index (κ1) is 13.5. The van der Waals surface area contributed by atoms with E-state index in [1.54, 1.807) is 19.1 Å². The summed E-state index contributed by atoms with van der Waals surface area (Å²) >= 11 is 0. The molecule has 0 aliphatic heterocycles. The molecule has 1 aromatic carbocycles. The molecule has 0 saturated carbocycles. The quantitative estimate of drug-likeness (QED) is 0.689. The first-order valence-corrected chi connectivity index (χ1v) is 4.94. The molecule has 0 heterocycles. The van der Waals surface area contributed by atoms with Crippen molar-refractivity contribution in [3.63, 3.8) is 0 Å². The predicted molar refractivity (Wildman–Crippen MR) is 61.6 cm³/mol. The normalized spacial score (nSPS) is 9.33. The van der Waals surface area contributed by atoms with Crippen molar-refractivity contribution < 1.29 is 19.5 Å². The van der Waals surface area contributed by atoms with Crippen molar-refractivity contribution in [3.8, 4) is 6.07 Å². The molecule has 7 nitrogen and oxygen atoms in total. The summed E-state index contributed by atoms with van der Waals surface area (Å²) in [7, 11) is 0. The van der Waals surface area contributed by atoms with Gasteiger partial charge in [0.1, 0.15) is 0 Å². The molecule has 0 radical (unpaired) electrons. The number of nitrogens with one attached hydrogen (secondary N) is 2. The van der Waals surface area contributed by atoms with Gasteiger partial charge in [0.25, 0.3) is 0 Å². The van der Waals surface area contributed by atoms with E-state index in [-0.39, 0.29) is 0 Å². The molecule has 1 rings (SSSR count). The van der Waals surface area contributed by atoms with Gasteiger partial charge in [-0.25, -0.2) is 15.1 Å². The highest BCUT2D eigenvalue weighted by molar-refractivity contribution is 5.89. The Morgan fingerprint density at radius 1 is 1.50 bits per heavy atom. The number of carboxylic acid groups (broad SMARTS) is 1. The van der Waals surface area contributed by atoms with Crippen molar-refractivity contribution in [3.05, 3.63) is 29.3 Å². The highest BCUT2D eigenvalue weighted by Crippen LogP contribution is 2.16. The van der Waals surface area contributed by atoms with E-state index < -0.39 is 18.6 Å². The maximum absolute atomic E-state index is 11.3. The van der Waals surface area contributed by atoms with Crippen LogP contribution in [-0.2, 0) is 9.63 Å². The molecule has 0 spiro atoms. The molecular weight excluding hydrogens is 238 g/mol. The molecule has 2 amide bonds. The number of carbonyl (C=O) groups is 2. The van der Waals surface area contributed by atoms with E-state index in [0.717, 1.165) is 5.56 Å². The molecule has 7 heteroatoms. The summed E-state index contributed by atoms with van der Waals surface area (Å²) in [6, 6.07) is 6.05. The van der Waals surface area contributed by atoms with Crippen molar-refractivity contribution in [1.82, 2.24) is 5.48 Å². The highest BCUT2D eigenvalue weighted by atomic mass is 16.7. The first-order valence-electron chi connectivity index (χ1n) is 4.94. The average Bonchev–Trinajstić information content (AvgIpc) is 2.31. The van der Waals surface area contributed by atoms with Gasteiger partial charge in [-0.1, -0.05) is 6.07 Å². The smallest absolute Gasteiger partial charge is 0.343 e. The lowest BCUT2D eigenvalue weighted by Crippen LogP contribution is -2.31. The zero-order valence-electron chi connectivity index (χ0n) is 9.56. The standard InChI is InChI=1S/C11H11N3O4/c1-7-2-3-8(5-12)4-9(7)13-11(17)14-18-6-10(15)16/h2-4H,6H2,1H3,(H,15,16)(H2,13,14,17). The summed E-state index contributed by atoms with van der Waals surface area (Å²) in [4.78, 5) is 25.9. The number of benzene rings is 1. The van der Waals surface area contributed by atoms with E-state index in [1.165, 1.54) is 6.07 Å². The lowest BCUT2D eigenvalue weighted by Gasteiger charge is -2.09. The first-order chi connectivity index (χ1) is 8.52. The molecule has 94 valence electrons. The number of rotatable bonds is 4. The number of hydrogen-bond donors (Lipinski definition) is 3. The van der Waals surface area contributed by atoms with Gasteiger partial charge < -0.3 is 10.4 Å². The van der Waals surface area contributed by atoms with Gasteiger partial charge in [0.05, 0.1) is 11.6 Å². The maximum Gasteiger partial charge on any atom is 0.343 e. The van der Waals surface area contributed by atoms with E-state index in [1.807, 2.05) is 11.5 Å². The molecule has 0 aliphatic carbocycles. The van der Waals surface area contributed by atoms with Gasteiger partial charge in [-0.15, -0.1) is 0 Å². The topological polar surface area (TPSA) is 111 Å². The number of carboxylic acids is 1. The minimum atomic E-state index is -1.20. The lowest BCUT2D eigenvalue weighted by atomic mass is 10.1. The third-order valence-corrected chi connectivity index (χ3v) is 1.98. The fourth-order valence-electron chi connectivity index (χ4n) is 1.14. The predicted octanol–water partition coefficient (Wildman–Crippen LogP) is 1.00. The van der Waals surface area contributed by atoms with E-state index in [9.17, 15) is 9.59 Å². The summed E-state index contributed by atoms with van der Waals surface area (Å²) in [5.41, 5.74) is 3.53. The number of nitrogens with zero attached hydrogens (tertiary/aromatic N) is 1. The molecule has 0 saturated heterocycles. The molecule has 0 unspecified atom stereocenters. The molecule has 3 N–H and O–H groups in total. The Bertz CT molecular complexity index is 508. The van der Waals surface area contributed by atoms with Crippen LogP contribution in [0.2, 0.25) is 0 Å². The molecule has 0 atom stereocenters. The van der Waals surface area contributed by atoms with Gasteiger partial charge >= 0.3 is 12.0 Å². The molecule has 0 fully saturated rings. The number of carbonyl (C=O) groups excluding carboxylic acids is 1. The zero-order valence-corrected chi connectivity index (χ0v) is 9.56. The average molecular weight is 249 g/mol. The van der Waals surface area contributed by atoms with Crippen LogP contribution in [-0.4, -0.2) is 23.7 Å². The second-order valence-electron chi connectivity index (χ2n) is 3.38. The lowest BCUT2D eigenvalue weighted by molar-refractivity contribution is -0.143. The second kappa shape index (κ2) is 6.22. The van der Waals surface area contributed by atoms with Gasteiger partial charge in [-0.05, 0) is 24.6 Å². The van der Waals surface area contributed by atoms with Crippen molar-refractivity contribution in [2.45, 2.75) is 6.92 Å². The second-order valence-corrected chi connectivity index (χ2v) is 3.38. The van der Waals surface area contributed by atoms with Gasteiger partial charge in [0.2, 0.25) is 0 Å². The summed E-state index contributed by atoms with van der Waals surface area (Å²) < 4.78 is 0. The molecule has 18 heavy (non-hydrogen) atoms. The van der Waals surface area contributed by atoms with E-state index in [2.05, 4.69) is 10.2 Å². The Hall–Kier alpha value is -2.59. The van der Waals surface area contributed by atoms with Gasteiger partial charge in [-0.2, -0.15) is 5.26 Å². The number of anilines is 1. The Labute approximate surface area is 103 Å². The third-order valence-electron chi connectivity index (χ3n) is 1.98. The SMILES string of the molecule is Cc1ccc(C#N)cc1NC(=O)NOCC(=O)O. The van der Waals surface area contributed by atoms with Crippen LogP contribution in [0, 0.1) is 18.3 Å². The van der Waals surface area contributed by atoms with Crippen LogP contribution in [0.4, 0.5) is 10.5 Å². The van der Waals surface area contributed by atoms with E-state index in [0.29, 0.717) is 11.3 Å². The van der Waals surface area contributed by atoms with E-state index in [4.69, 9.17) is 10.4 Å². The summed E-state index contributed by atoms with van der Waals surface area (Å²) in [6.45, 7) is 1.12. The van der Waals surface area contributed by atoms with Crippen LogP contribution >= 0.6 is 0 Å². The van der Waals surface area contributed by atoms with Gasteiger partial charge in [-0.3, -0.25) is 4.84 Å². The highest BCUT2D eigenvalue weighted by Gasteiger charge is 2.06. The summed E-state index contributed by atoms with van der Waals surface area (Å²) in [6.07, 6.45) is 0. The van der Waals surface area contributed by atoms with Crippen molar-refractivity contribution in [2.24, 2.45) is 0 Å². The van der Waals surface area contributed by atoms with Gasteiger partial charge in [0.15, 0.2) is 6.61 Å². The number of hydroxylamine groups is 1. The zero-order chi connectivity index (χ0) is 13.5. The summed E-state index contributed by atoms with van der Waals surface area (Å²) in [5, 5.41) is 19.5. The van der Waals surface area contributed by atoms with Gasteiger partial charge in [0, 0.05) is 5.69 Å². The number of aliphatic carboxylic acids is 1. The van der Waals surface area contributed by atoms with Crippen LogP contribution in [0.1, 0.15) is 11.1 Å². The van der Waals surface area contributed by atoms with Crippen LogP contribution in [0.3, 0.4) is 0 Å². The van der Waals surface area contributed by atoms with Crippen LogP contribution in [0.25, 0.3) is 0 Å². The molecular formula is C11H11N3O4.